The van der Waals surface area contributed by atoms with Gasteiger partial charge in [0.25, 0.3) is 0 Å². The van der Waals surface area contributed by atoms with Crippen LogP contribution in [0.3, 0.4) is 0 Å². The van der Waals surface area contributed by atoms with Gasteiger partial charge in [0.2, 0.25) is 5.60 Å². The maximum absolute atomic E-state index is 13.8. The second-order valence-corrected chi connectivity index (χ2v) is 5.12. The lowest BCUT2D eigenvalue weighted by Crippen LogP contribution is -2.61. The molecule has 0 aromatic rings. The first-order valence-corrected chi connectivity index (χ1v) is 5.96. The van der Waals surface area contributed by atoms with Crippen molar-refractivity contribution < 1.29 is 22.3 Å². The van der Waals surface area contributed by atoms with Crippen molar-refractivity contribution in [2.24, 2.45) is 10.7 Å². The number of nitrogens with two attached hydrogens (primary N) is 1. The van der Waals surface area contributed by atoms with Crippen LogP contribution in [0.25, 0.3) is 0 Å². The summed E-state index contributed by atoms with van der Waals surface area (Å²) in [4.78, 5) is 3.88. The van der Waals surface area contributed by atoms with E-state index in [1.54, 1.807) is 0 Å². The Morgan fingerprint density at radius 2 is 2.05 bits per heavy atom. The van der Waals surface area contributed by atoms with Crippen molar-refractivity contribution >= 4 is 5.84 Å². The van der Waals surface area contributed by atoms with Crippen molar-refractivity contribution in [3.8, 4) is 0 Å². The average molecular weight is 293 g/mol. The van der Waals surface area contributed by atoms with Gasteiger partial charge in [-0.2, -0.15) is 13.2 Å². The van der Waals surface area contributed by atoms with Crippen molar-refractivity contribution in [3.05, 3.63) is 23.7 Å². The van der Waals surface area contributed by atoms with Crippen LogP contribution in [0.1, 0.15) is 13.8 Å². The van der Waals surface area contributed by atoms with Crippen LogP contribution in [0.5, 0.6) is 0 Å². The van der Waals surface area contributed by atoms with Crippen molar-refractivity contribution in [2.45, 2.75) is 31.2 Å². The third kappa shape index (κ3) is 2.17. The van der Waals surface area contributed by atoms with E-state index in [-0.39, 0.29) is 12.1 Å². The summed E-state index contributed by atoms with van der Waals surface area (Å²) in [6.45, 7) is 1.86. The SMILES string of the molecule is C[C@]1(C2=C(F)CNC=C2)CO[C@@](C)(C(F)(F)F)C(N)=N1. The fourth-order valence-electron chi connectivity index (χ4n) is 2.08. The molecule has 2 heterocycles. The highest BCUT2D eigenvalue weighted by atomic mass is 19.4. The monoisotopic (exact) mass is 293 g/mol. The molecule has 0 aromatic carbocycles. The molecular formula is C12H15F4N3O. The topological polar surface area (TPSA) is 59.6 Å². The fraction of sp³-hybridized carbons (Fsp3) is 0.583. The van der Waals surface area contributed by atoms with Crippen LogP contribution >= 0.6 is 0 Å². The average Bonchev–Trinajstić information content (AvgIpc) is 2.33. The summed E-state index contributed by atoms with van der Waals surface area (Å²) in [5.41, 5.74) is 1.71. The maximum Gasteiger partial charge on any atom is 0.424 e. The van der Waals surface area contributed by atoms with E-state index in [4.69, 9.17) is 10.5 Å². The van der Waals surface area contributed by atoms with E-state index in [1.807, 2.05) is 0 Å². The Balaban J connectivity index is 2.42. The van der Waals surface area contributed by atoms with Crippen molar-refractivity contribution in [3.63, 3.8) is 0 Å². The molecule has 0 aromatic heterocycles. The van der Waals surface area contributed by atoms with E-state index >= 15 is 0 Å². The Bertz CT molecular complexity index is 511. The molecule has 20 heavy (non-hydrogen) atoms. The fourth-order valence-corrected chi connectivity index (χ4v) is 2.08. The zero-order chi connectivity index (χ0) is 15.2. The van der Waals surface area contributed by atoms with E-state index in [2.05, 4.69) is 10.3 Å². The third-order valence-corrected chi connectivity index (χ3v) is 3.54. The lowest BCUT2D eigenvalue weighted by atomic mass is 9.88. The second-order valence-electron chi connectivity index (χ2n) is 5.12. The number of hydrogen-bond acceptors (Lipinski definition) is 4. The Morgan fingerprint density at radius 3 is 2.55 bits per heavy atom. The highest BCUT2D eigenvalue weighted by molar-refractivity contribution is 5.91. The Labute approximate surface area is 113 Å². The molecule has 0 aliphatic carbocycles. The zero-order valence-corrected chi connectivity index (χ0v) is 11.0. The highest BCUT2D eigenvalue weighted by Crippen LogP contribution is 2.40. The lowest BCUT2D eigenvalue weighted by molar-refractivity contribution is -0.247. The Hall–Kier alpha value is -1.57. The van der Waals surface area contributed by atoms with Gasteiger partial charge < -0.3 is 15.8 Å². The Kier molecular flexibility index (Phi) is 3.32. The van der Waals surface area contributed by atoms with Crippen LogP contribution in [0.15, 0.2) is 28.7 Å². The summed E-state index contributed by atoms with van der Waals surface area (Å²) in [6, 6.07) is 0. The summed E-state index contributed by atoms with van der Waals surface area (Å²) < 4.78 is 57.6. The molecule has 0 spiro atoms. The van der Waals surface area contributed by atoms with E-state index in [0.29, 0.717) is 0 Å². The number of ether oxygens (including phenoxy) is 1. The molecule has 112 valence electrons. The predicted molar refractivity (Wildman–Crippen MR) is 65.7 cm³/mol. The summed E-state index contributed by atoms with van der Waals surface area (Å²) >= 11 is 0. The van der Waals surface area contributed by atoms with E-state index in [9.17, 15) is 17.6 Å². The largest absolute Gasteiger partial charge is 0.424 e. The molecule has 2 aliphatic heterocycles. The molecule has 0 radical (unpaired) electrons. The van der Waals surface area contributed by atoms with Gasteiger partial charge in [0.15, 0.2) is 0 Å². The van der Waals surface area contributed by atoms with Crippen molar-refractivity contribution in [1.29, 1.82) is 0 Å². The first-order chi connectivity index (χ1) is 9.10. The minimum Gasteiger partial charge on any atom is -0.385 e. The van der Waals surface area contributed by atoms with Gasteiger partial charge in [0.1, 0.15) is 17.2 Å². The summed E-state index contributed by atoms with van der Waals surface area (Å²) in [6.07, 6.45) is -1.75. The lowest BCUT2D eigenvalue weighted by Gasteiger charge is -2.41. The van der Waals surface area contributed by atoms with Crippen molar-refractivity contribution in [2.75, 3.05) is 13.2 Å². The first-order valence-electron chi connectivity index (χ1n) is 5.96. The summed E-state index contributed by atoms with van der Waals surface area (Å²) in [7, 11) is 0. The minimum absolute atomic E-state index is 0.0343. The molecule has 8 heteroatoms. The normalized spacial score (nSPS) is 34.8. The molecule has 3 N–H and O–H groups in total. The number of nitrogens with one attached hydrogen (secondary N) is 1. The van der Waals surface area contributed by atoms with Crippen LogP contribution in [0.4, 0.5) is 17.6 Å². The van der Waals surface area contributed by atoms with Crippen LogP contribution < -0.4 is 11.1 Å². The number of aliphatic imine (C=N–C) groups is 1. The number of dihydropyridines is 1. The number of nitrogens with zero attached hydrogens (tertiary/aromatic N) is 1. The molecule has 0 saturated heterocycles. The van der Waals surface area contributed by atoms with Gasteiger partial charge in [-0.25, -0.2) is 4.39 Å². The number of halogens is 4. The minimum atomic E-state index is -4.68. The summed E-state index contributed by atoms with van der Waals surface area (Å²) in [5.74, 6) is -1.20. The van der Waals surface area contributed by atoms with Crippen molar-refractivity contribution in [1.82, 2.24) is 5.32 Å². The van der Waals surface area contributed by atoms with Gasteiger partial charge in [-0.3, -0.25) is 4.99 Å². The second kappa shape index (κ2) is 4.47. The first kappa shape index (κ1) is 14.8. The maximum atomic E-state index is 13.8. The van der Waals surface area contributed by atoms with Crippen LogP contribution in [0.2, 0.25) is 0 Å². The molecule has 2 aliphatic rings. The van der Waals surface area contributed by atoms with Gasteiger partial charge in [-0.15, -0.1) is 0 Å². The van der Waals surface area contributed by atoms with Gasteiger partial charge in [-0.1, -0.05) is 0 Å². The van der Waals surface area contributed by atoms with Gasteiger partial charge in [0, 0.05) is 5.57 Å². The molecular weight excluding hydrogens is 278 g/mol. The van der Waals surface area contributed by atoms with Gasteiger partial charge in [0.05, 0.1) is 13.2 Å². The Morgan fingerprint density at radius 1 is 1.40 bits per heavy atom. The molecule has 4 nitrogen and oxygen atoms in total. The number of amidine groups is 1. The van der Waals surface area contributed by atoms with E-state index < -0.39 is 35.6 Å². The van der Waals surface area contributed by atoms with E-state index in [0.717, 1.165) is 6.92 Å². The molecule has 0 bridgehead atoms. The molecule has 0 unspecified atom stereocenters. The van der Waals surface area contributed by atoms with Crippen LogP contribution in [-0.4, -0.2) is 36.3 Å². The molecule has 2 rings (SSSR count). The molecule has 2 atom stereocenters. The number of rotatable bonds is 1. The van der Waals surface area contributed by atoms with Crippen LogP contribution in [-0.2, 0) is 4.74 Å². The molecule has 0 saturated carbocycles. The van der Waals surface area contributed by atoms with E-state index in [1.165, 1.54) is 19.2 Å². The van der Waals surface area contributed by atoms with Gasteiger partial charge >= 0.3 is 6.18 Å². The number of hydrogen-bond donors (Lipinski definition) is 2. The summed E-state index contributed by atoms with van der Waals surface area (Å²) in [5, 5.41) is 2.66. The smallest absolute Gasteiger partial charge is 0.385 e. The zero-order valence-electron chi connectivity index (χ0n) is 11.0. The standard InChI is InChI=1S/C12H15F4N3O/c1-10(7-3-4-18-5-8(7)13)6-20-11(2,9(17)19-10)12(14,15)16/h3-4,18H,5-6H2,1-2H3,(H2,17,19)/t10-,11-/m1/s1. The predicted octanol–water partition coefficient (Wildman–Crippen LogP) is 1.79. The van der Waals surface area contributed by atoms with Gasteiger partial charge in [-0.05, 0) is 26.1 Å². The molecule has 0 fully saturated rings. The number of alkyl halides is 3. The third-order valence-electron chi connectivity index (χ3n) is 3.54. The quantitative estimate of drug-likeness (QED) is 0.725. The molecule has 0 amide bonds. The highest BCUT2D eigenvalue weighted by Gasteiger charge is 2.59. The van der Waals surface area contributed by atoms with Crippen LogP contribution in [0, 0.1) is 0 Å².